The Morgan fingerprint density at radius 3 is 2.04 bits per heavy atom. The van der Waals surface area contributed by atoms with Crippen molar-refractivity contribution in [3.05, 3.63) is 46.7 Å². The number of hydrogen-bond donors (Lipinski definition) is 1. The molecule has 0 aliphatic heterocycles. The SMILES string of the molecule is CC(C)(C)OC1CCC(C2=C(O)C(=O)c3ccccc3C2=O)CC1. The number of allylic oxidation sites excluding steroid dienone is 2. The molecule has 4 heteroatoms. The standard InChI is InChI=1S/C20H24O4/c1-20(2,3)24-13-10-8-12(9-11-13)16-17(21)14-6-4-5-7-15(14)18(22)19(16)23/h4-7,12-13,23H,8-11H2,1-3H3. The van der Waals surface area contributed by atoms with Crippen molar-refractivity contribution in [3.63, 3.8) is 0 Å². The number of hydrogen-bond acceptors (Lipinski definition) is 4. The van der Waals surface area contributed by atoms with E-state index in [2.05, 4.69) is 0 Å². The average molecular weight is 328 g/mol. The third kappa shape index (κ3) is 3.16. The lowest BCUT2D eigenvalue weighted by atomic mass is 9.75. The number of carbonyl (C=O) groups is 2. The van der Waals surface area contributed by atoms with E-state index in [0.29, 0.717) is 16.7 Å². The highest BCUT2D eigenvalue weighted by atomic mass is 16.5. The summed E-state index contributed by atoms with van der Waals surface area (Å²) >= 11 is 0. The number of fused-ring (bicyclic) bond motifs is 1. The summed E-state index contributed by atoms with van der Waals surface area (Å²) in [7, 11) is 0. The van der Waals surface area contributed by atoms with Crippen LogP contribution in [0.15, 0.2) is 35.6 Å². The van der Waals surface area contributed by atoms with E-state index in [-0.39, 0.29) is 29.2 Å². The molecule has 0 bridgehead atoms. The molecular weight excluding hydrogens is 304 g/mol. The highest BCUT2D eigenvalue weighted by Gasteiger charge is 2.38. The maximum atomic E-state index is 12.8. The van der Waals surface area contributed by atoms with Crippen molar-refractivity contribution >= 4 is 11.6 Å². The molecule has 1 aromatic rings. The topological polar surface area (TPSA) is 63.6 Å². The second kappa shape index (κ2) is 6.17. The van der Waals surface area contributed by atoms with Crippen LogP contribution in [0.1, 0.15) is 67.2 Å². The third-order valence-electron chi connectivity index (χ3n) is 4.73. The fraction of sp³-hybridized carbons (Fsp3) is 0.500. The number of aliphatic hydroxyl groups excluding tert-OH is 1. The molecule has 2 aliphatic carbocycles. The Bertz CT molecular complexity index is 701. The minimum Gasteiger partial charge on any atom is -0.504 e. The van der Waals surface area contributed by atoms with Crippen LogP contribution in [0.3, 0.4) is 0 Å². The van der Waals surface area contributed by atoms with Crippen molar-refractivity contribution in [1.29, 1.82) is 0 Å². The quantitative estimate of drug-likeness (QED) is 0.881. The van der Waals surface area contributed by atoms with Crippen LogP contribution in [-0.2, 0) is 4.74 Å². The molecule has 1 aromatic carbocycles. The number of ether oxygens (including phenoxy) is 1. The molecule has 1 fully saturated rings. The molecule has 0 saturated heterocycles. The van der Waals surface area contributed by atoms with Gasteiger partial charge in [0.05, 0.1) is 11.7 Å². The lowest BCUT2D eigenvalue weighted by Crippen LogP contribution is -2.33. The van der Waals surface area contributed by atoms with Crippen LogP contribution in [0.4, 0.5) is 0 Å². The molecule has 0 amide bonds. The number of carbonyl (C=O) groups excluding carboxylic acids is 2. The summed E-state index contributed by atoms with van der Waals surface area (Å²) in [6.45, 7) is 6.11. The maximum Gasteiger partial charge on any atom is 0.228 e. The first-order chi connectivity index (χ1) is 11.3. The number of benzene rings is 1. The van der Waals surface area contributed by atoms with E-state index >= 15 is 0 Å². The van der Waals surface area contributed by atoms with E-state index < -0.39 is 5.78 Å². The molecular formula is C20H24O4. The zero-order valence-electron chi connectivity index (χ0n) is 14.5. The van der Waals surface area contributed by atoms with Crippen LogP contribution in [0, 0.1) is 5.92 Å². The van der Waals surface area contributed by atoms with Crippen molar-refractivity contribution in [3.8, 4) is 0 Å². The largest absolute Gasteiger partial charge is 0.504 e. The monoisotopic (exact) mass is 328 g/mol. The predicted octanol–water partition coefficient (Wildman–Crippen LogP) is 4.25. The van der Waals surface area contributed by atoms with Gasteiger partial charge in [-0.1, -0.05) is 24.3 Å². The molecule has 1 saturated carbocycles. The summed E-state index contributed by atoms with van der Waals surface area (Å²) in [5.41, 5.74) is 0.818. The van der Waals surface area contributed by atoms with Crippen molar-refractivity contribution in [2.24, 2.45) is 5.92 Å². The van der Waals surface area contributed by atoms with E-state index in [1.165, 1.54) is 0 Å². The molecule has 0 atom stereocenters. The normalized spacial score (nSPS) is 25.0. The van der Waals surface area contributed by atoms with Gasteiger partial charge in [0.15, 0.2) is 11.5 Å². The first-order valence-electron chi connectivity index (χ1n) is 8.57. The van der Waals surface area contributed by atoms with Crippen molar-refractivity contribution in [2.45, 2.75) is 58.2 Å². The number of rotatable bonds is 2. The van der Waals surface area contributed by atoms with Gasteiger partial charge in [0, 0.05) is 16.7 Å². The first kappa shape index (κ1) is 16.9. The minimum absolute atomic E-state index is 0.0744. The Labute approximate surface area is 142 Å². The summed E-state index contributed by atoms with van der Waals surface area (Å²) in [5.74, 6) is -1.08. The van der Waals surface area contributed by atoms with Crippen molar-refractivity contribution in [2.75, 3.05) is 0 Å². The van der Waals surface area contributed by atoms with E-state index in [0.717, 1.165) is 25.7 Å². The highest BCUT2D eigenvalue weighted by Crippen LogP contribution is 2.38. The van der Waals surface area contributed by atoms with Gasteiger partial charge in [-0.3, -0.25) is 9.59 Å². The van der Waals surface area contributed by atoms with Gasteiger partial charge in [-0.25, -0.2) is 0 Å². The fourth-order valence-corrected chi connectivity index (χ4v) is 3.73. The van der Waals surface area contributed by atoms with E-state index in [1.54, 1.807) is 24.3 Å². The lowest BCUT2D eigenvalue weighted by molar-refractivity contribution is -0.0768. The smallest absolute Gasteiger partial charge is 0.228 e. The Morgan fingerprint density at radius 2 is 1.50 bits per heavy atom. The molecule has 1 N–H and O–H groups in total. The van der Waals surface area contributed by atoms with E-state index in [4.69, 9.17) is 4.74 Å². The fourth-order valence-electron chi connectivity index (χ4n) is 3.73. The molecule has 0 radical (unpaired) electrons. The van der Waals surface area contributed by atoms with Gasteiger partial charge in [-0.05, 0) is 52.4 Å². The molecule has 0 unspecified atom stereocenters. The van der Waals surface area contributed by atoms with Crippen molar-refractivity contribution < 1.29 is 19.4 Å². The molecule has 0 spiro atoms. The molecule has 0 aromatic heterocycles. The Hall–Kier alpha value is -1.94. The zero-order chi connectivity index (χ0) is 17.5. The van der Waals surface area contributed by atoms with E-state index in [1.807, 2.05) is 20.8 Å². The second-order valence-electron chi connectivity index (χ2n) is 7.67. The predicted molar refractivity (Wildman–Crippen MR) is 91.3 cm³/mol. The summed E-state index contributed by atoms with van der Waals surface area (Å²) in [6.07, 6.45) is 3.34. The molecule has 3 rings (SSSR count). The summed E-state index contributed by atoms with van der Waals surface area (Å²) in [4.78, 5) is 25.2. The van der Waals surface area contributed by atoms with Crippen molar-refractivity contribution in [1.82, 2.24) is 0 Å². The van der Waals surface area contributed by atoms with Gasteiger partial charge < -0.3 is 9.84 Å². The number of aliphatic hydroxyl groups is 1. The lowest BCUT2D eigenvalue weighted by Gasteiger charge is -2.34. The van der Waals surface area contributed by atoms with E-state index in [9.17, 15) is 14.7 Å². The van der Waals surface area contributed by atoms with Crippen LogP contribution < -0.4 is 0 Å². The van der Waals surface area contributed by atoms with Gasteiger partial charge in [0.25, 0.3) is 0 Å². The van der Waals surface area contributed by atoms with Crippen LogP contribution >= 0.6 is 0 Å². The average Bonchev–Trinajstić information content (AvgIpc) is 2.53. The summed E-state index contributed by atoms with van der Waals surface area (Å²) in [6, 6.07) is 6.71. The second-order valence-corrected chi connectivity index (χ2v) is 7.67. The summed E-state index contributed by atoms with van der Waals surface area (Å²) < 4.78 is 6.01. The van der Waals surface area contributed by atoms with Crippen LogP contribution in [-0.4, -0.2) is 28.4 Å². The summed E-state index contributed by atoms with van der Waals surface area (Å²) in [5, 5.41) is 10.3. The highest BCUT2D eigenvalue weighted by molar-refractivity contribution is 6.26. The van der Waals surface area contributed by atoms with Crippen LogP contribution in [0.25, 0.3) is 0 Å². The molecule has 24 heavy (non-hydrogen) atoms. The van der Waals surface area contributed by atoms with Crippen LogP contribution in [0.5, 0.6) is 0 Å². The zero-order valence-corrected chi connectivity index (χ0v) is 14.5. The third-order valence-corrected chi connectivity index (χ3v) is 4.73. The Morgan fingerprint density at radius 1 is 0.958 bits per heavy atom. The number of Topliss-reactive ketones (excluding diaryl/α,β-unsaturated/α-hetero) is 2. The Kier molecular flexibility index (Phi) is 4.35. The Balaban J connectivity index is 1.80. The van der Waals surface area contributed by atoms with Gasteiger partial charge in [0.1, 0.15) is 0 Å². The first-order valence-corrected chi connectivity index (χ1v) is 8.57. The molecule has 2 aliphatic rings. The van der Waals surface area contributed by atoms with Gasteiger partial charge >= 0.3 is 0 Å². The molecule has 128 valence electrons. The number of ketones is 2. The molecule has 4 nitrogen and oxygen atoms in total. The van der Waals surface area contributed by atoms with Gasteiger partial charge in [-0.15, -0.1) is 0 Å². The van der Waals surface area contributed by atoms with Gasteiger partial charge in [-0.2, -0.15) is 0 Å². The minimum atomic E-state index is -0.437. The van der Waals surface area contributed by atoms with Crippen LogP contribution in [0.2, 0.25) is 0 Å². The maximum absolute atomic E-state index is 12.8. The van der Waals surface area contributed by atoms with Gasteiger partial charge in [0.2, 0.25) is 5.78 Å². The molecule has 0 heterocycles.